The molecule has 0 aliphatic rings. The molecule has 0 fully saturated rings. The predicted molar refractivity (Wildman–Crippen MR) is 159 cm³/mol. The van der Waals surface area contributed by atoms with E-state index in [1.54, 1.807) is 12.1 Å². The van der Waals surface area contributed by atoms with Crippen LogP contribution in [0.2, 0.25) is 0 Å². The van der Waals surface area contributed by atoms with Gasteiger partial charge in [0.25, 0.3) is 0 Å². The van der Waals surface area contributed by atoms with E-state index >= 15 is 0 Å². The summed E-state index contributed by atoms with van der Waals surface area (Å²) in [5, 5.41) is 9.32. The van der Waals surface area contributed by atoms with Gasteiger partial charge in [-0.3, -0.25) is 4.79 Å². The first-order valence-electron chi connectivity index (χ1n) is 13.9. The maximum Gasteiger partial charge on any atom is 0.304 e. The highest BCUT2D eigenvalue weighted by Gasteiger charge is 2.27. The van der Waals surface area contributed by atoms with Gasteiger partial charge in [-0.15, -0.1) is 0 Å². The standard InChI is InChI=1S/C35H37FO5/c1-4-26-21-29(27-15-17-28(36)18-16-27)33(41-24-25-11-6-5-7-12-25)22-32(26)40-20-10-19-39-31-14-9-8-13-30(31)35(2,3)23-34(37)38/h5-9,11-18,21-22H,4,10,19-20,23-24H2,1-3H3,(H,37,38). The van der Waals surface area contributed by atoms with Crippen LogP contribution in [0.25, 0.3) is 11.1 Å². The summed E-state index contributed by atoms with van der Waals surface area (Å²) < 4.78 is 32.2. The number of benzene rings is 4. The Bertz CT molecular complexity index is 1430. The van der Waals surface area contributed by atoms with Crippen LogP contribution in [0, 0.1) is 5.82 Å². The average molecular weight is 557 g/mol. The number of para-hydroxylation sites is 1. The molecule has 0 aliphatic heterocycles. The fourth-order valence-electron chi connectivity index (χ4n) is 4.77. The van der Waals surface area contributed by atoms with Gasteiger partial charge in [0, 0.05) is 29.0 Å². The second-order valence-electron chi connectivity index (χ2n) is 10.6. The Morgan fingerprint density at radius 3 is 2.15 bits per heavy atom. The molecule has 0 saturated heterocycles. The van der Waals surface area contributed by atoms with E-state index in [9.17, 15) is 14.3 Å². The minimum Gasteiger partial charge on any atom is -0.493 e. The number of rotatable bonds is 14. The first kappa shape index (κ1) is 29.7. The van der Waals surface area contributed by atoms with E-state index in [0.29, 0.717) is 37.7 Å². The van der Waals surface area contributed by atoms with E-state index in [4.69, 9.17) is 14.2 Å². The Hall–Kier alpha value is -4.32. The minimum absolute atomic E-state index is 0.0128. The second-order valence-corrected chi connectivity index (χ2v) is 10.6. The number of carboxylic acids is 1. The summed E-state index contributed by atoms with van der Waals surface area (Å²) in [5.74, 6) is 0.963. The number of carbonyl (C=O) groups is 1. The van der Waals surface area contributed by atoms with Crippen molar-refractivity contribution >= 4 is 5.97 Å². The van der Waals surface area contributed by atoms with Crippen LogP contribution < -0.4 is 14.2 Å². The van der Waals surface area contributed by atoms with Gasteiger partial charge in [-0.25, -0.2) is 4.39 Å². The summed E-state index contributed by atoms with van der Waals surface area (Å²) in [6.07, 6.45) is 1.40. The van der Waals surface area contributed by atoms with Crippen LogP contribution in [0.3, 0.4) is 0 Å². The number of halogens is 1. The predicted octanol–water partition coefficient (Wildman–Crippen LogP) is 8.23. The average Bonchev–Trinajstić information content (AvgIpc) is 2.96. The van der Waals surface area contributed by atoms with E-state index in [1.807, 2.05) is 74.5 Å². The number of hydrogen-bond donors (Lipinski definition) is 1. The van der Waals surface area contributed by atoms with E-state index in [2.05, 4.69) is 13.0 Å². The molecule has 0 aromatic heterocycles. The van der Waals surface area contributed by atoms with Gasteiger partial charge in [0.1, 0.15) is 29.7 Å². The summed E-state index contributed by atoms with van der Waals surface area (Å²) in [6, 6.07) is 27.9. The Kier molecular flexibility index (Phi) is 10.0. The summed E-state index contributed by atoms with van der Waals surface area (Å²) in [7, 11) is 0. The van der Waals surface area contributed by atoms with Crippen LogP contribution >= 0.6 is 0 Å². The smallest absolute Gasteiger partial charge is 0.304 e. The number of carboxylic acid groups (broad SMARTS) is 1. The fraction of sp³-hybridized carbons (Fsp3) is 0.286. The molecular weight excluding hydrogens is 519 g/mol. The lowest BCUT2D eigenvalue weighted by molar-refractivity contribution is -0.138. The van der Waals surface area contributed by atoms with Gasteiger partial charge >= 0.3 is 5.97 Å². The molecule has 0 aliphatic carbocycles. The molecule has 0 unspecified atom stereocenters. The van der Waals surface area contributed by atoms with Crippen molar-refractivity contribution in [2.45, 2.75) is 52.1 Å². The molecule has 4 aromatic carbocycles. The highest BCUT2D eigenvalue weighted by molar-refractivity contribution is 5.73. The third-order valence-electron chi connectivity index (χ3n) is 6.95. The third-order valence-corrected chi connectivity index (χ3v) is 6.95. The number of aliphatic carboxylic acids is 1. The van der Waals surface area contributed by atoms with Gasteiger partial charge in [-0.2, -0.15) is 0 Å². The minimum atomic E-state index is -0.845. The first-order valence-corrected chi connectivity index (χ1v) is 13.9. The molecular formula is C35H37FO5. The van der Waals surface area contributed by atoms with Crippen molar-refractivity contribution in [3.63, 3.8) is 0 Å². The molecule has 4 aromatic rings. The topological polar surface area (TPSA) is 65.0 Å². The van der Waals surface area contributed by atoms with Crippen molar-refractivity contribution < 1.29 is 28.5 Å². The van der Waals surface area contributed by atoms with Crippen molar-refractivity contribution in [1.82, 2.24) is 0 Å². The molecule has 5 nitrogen and oxygen atoms in total. The summed E-state index contributed by atoms with van der Waals surface area (Å²) >= 11 is 0. The van der Waals surface area contributed by atoms with Crippen molar-refractivity contribution in [2.24, 2.45) is 0 Å². The molecule has 0 amide bonds. The lowest BCUT2D eigenvalue weighted by Gasteiger charge is -2.25. The Morgan fingerprint density at radius 1 is 0.805 bits per heavy atom. The molecule has 0 saturated carbocycles. The van der Waals surface area contributed by atoms with E-state index in [1.165, 1.54) is 12.1 Å². The molecule has 0 heterocycles. The zero-order valence-electron chi connectivity index (χ0n) is 23.9. The van der Waals surface area contributed by atoms with Gasteiger partial charge in [-0.1, -0.05) is 81.4 Å². The van der Waals surface area contributed by atoms with Gasteiger partial charge in [0.2, 0.25) is 0 Å². The van der Waals surface area contributed by atoms with Gasteiger partial charge in [-0.05, 0) is 47.4 Å². The zero-order chi connectivity index (χ0) is 29.2. The van der Waals surface area contributed by atoms with Crippen LogP contribution in [0.4, 0.5) is 4.39 Å². The summed E-state index contributed by atoms with van der Waals surface area (Å²) in [4.78, 5) is 11.4. The molecule has 0 atom stereocenters. The SMILES string of the molecule is CCc1cc(-c2ccc(F)cc2)c(OCc2ccccc2)cc1OCCCOc1ccccc1C(C)(C)CC(=O)O. The lowest BCUT2D eigenvalue weighted by atomic mass is 9.81. The van der Waals surface area contributed by atoms with Crippen LogP contribution in [0.5, 0.6) is 17.2 Å². The highest BCUT2D eigenvalue weighted by Crippen LogP contribution is 2.38. The molecule has 214 valence electrons. The van der Waals surface area contributed by atoms with Crippen LogP contribution in [0.1, 0.15) is 50.3 Å². The highest BCUT2D eigenvalue weighted by atomic mass is 19.1. The molecule has 0 spiro atoms. The fourth-order valence-corrected chi connectivity index (χ4v) is 4.77. The molecule has 4 rings (SSSR count). The number of ether oxygens (including phenoxy) is 3. The van der Waals surface area contributed by atoms with Crippen molar-refractivity contribution in [3.8, 4) is 28.4 Å². The molecule has 0 bridgehead atoms. The van der Waals surface area contributed by atoms with Gasteiger partial charge < -0.3 is 19.3 Å². The quantitative estimate of drug-likeness (QED) is 0.159. The molecule has 6 heteroatoms. The van der Waals surface area contributed by atoms with Crippen LogP contribution in [-0.2, 0) is 23.2 Å². The van der Waals surface area contributed by atoms with Crippen molar-refractivity contribution in [2.75, 3.05) is 13.2 Å². The molecule has 41 heavy (non-hydrogen) atoms. The normalized spacial score (nSPS) is 11.2. The maximum atomic E-state index is 13.6. The third kappa shape index (κ3) is 8.10. The largest absolute Gasteiger partial charge is 0.493 e. The maximum absolute atomic E-state index is 13.6. The Labute approximate surface area is 241 Å². The summed E-state index contributed by atoms with van der Waals surface area (Å²) in [5.41, 5.74) is 4.13. The molecule has 0 radical (unpaired) electrons. The second kappa shape index (κ2) is 13.8. The van der Waals surface area contributed by atoms with E-state index in [-0.39, 0.29) is 12.2 Å². The summed E-state index contributed by atoms with van der Waals surface area (Å²) in [6.45, 7) is 7.14. The molecule has 1 N–H and O–H groups in total. The van der Waals surface area contributed by atoms with Crippen molar-refractivity contribution in [3.05, 3.63) is 114 Å². The lowest BCUT2D eigenvalue weighted by Crippen LogP contribution is -2.22. The number of hydrogen-bond acceptors (Lipinski definition) is 4. The van der Waals surface area contributed by atoms with Crippen molar-refractivity contribution in [1.29, 1.82) is 0 Å². The van der Waals surface area contributed by atoms with Crippen LogP contribution in [-0.4, -0.2) is 24.3 Å². The van der Waals surface area contributed by atoms with Crippen LogP contribution in [0.15, 0.2) is 91.0 Å². The van der Waals surface area contributed by atoms with Gasteiger partial charge in [0.05, 0.1) is 19.6 Å². The zero-order valence-corrected chi connectivity index (χ0v) is 23.9. The van der Waals surface area contributed by atoms with E-state index < -0.39 is 11.4 Å². The van der Waals surface area contributed by atoms with E-state index in [0.717, 1.165) is 40.0 Å². The van der Waals surface area contributed by atoms with Gasteiger partial charge in [0.15, 0.2) is 0 Å². The Balaban J connectivity index is 1.46. The number of aryl methyl sites for hydroxylation is 1. The Morgan fingerprint density at radius 2 is 1.46 bits per heavy atom. The first-order chi connectivity index (χ1) is 19.8. The monoisotopic (exact) mass is 556 g/mol.